The van der Waals surface area contributed by atoms with Crippen LogP contribution in [0, 0.1) is 0 Å². The van der Waals surface area contributed by atoms with Crippen molar-refractivity contribution in [2.24, 2.45) is 0 Å². The molecule has 3 heteroatoms. The van der Waals surface area contributed by atoms with E-state index in [1.807, 2.05) is 11.8 Å². The second-order valence-corrected chi connectivity index (χ2v) is 6.26. The van der Waals surface area contributed by atoms with E-state index in [-0.39, 0.29) is 5.54 Å². The van der Waals surface area contributed by atoms with Gasteiger partial charge in [0, 0.05) is 24.7 Å². The number of thioether (sulfide) groups is 1. The number of hydrogen-bond acceptors (Lipinski definition) is 3. The molecule has 0 spiro atoms. The molecule has 0 fully saturated rings. The van der Waals surface area contributed by atoms with E-state index >= 15 is 0 Å². The van der Waals surface area contributed by atoms with Crippen LogP contribution in [0.1, 0.15) is 40.5 Å². The first-order valence-electron chi connectivity index (χ1n) is 6.37. The molecule has 0 aliphatic rings. The maximum Gasteiger partial charge on any atom is 0.0123 e. The normalized spacial score (nSPS) is 14.4. The molecule has 0 saturated heterocycles. The summed E-state index contributed by atoms with van der Waals surface area (Å²) in [5, 5.41) is 3.60. The molecule has 0 amide bonds. The standard InChI is InChI=1S/C13H30N2S/c1-7-13(3,4)14-9-10-15(5)12(2)8-11-16-6/h12,14H,7-11H2,1-6H3. The molecule has 1 atom stereocenters. The van der Waals surface area contributed by atoms with E-state index in [0.29, 0.717) is 6.04 Å². The summed E-state index contributed by atoms with van der Waals surface area (Å²) in [6, 6.07) is 0.694. The fourth-order valence-electron chi connectivity index (χ4n) is 1.42. The van der Waals surface area contributed by atoms with Crippen LogP contribution in [0.3, 0.4) is 0 Å². The van der Waals surface area contributed by atoms with Gasteiger partial charge < -0.3 is 10.2 Å². The first-order valence-corrected chi connectivity index (χ1v) is 7.76. The maximum absolute atomic E-state index is 3.60. The Morgan fingerprint density at radius 3 is 2.50 bits per heavy atom. The molecule has 0 aliphatic heterocycles. The second-order valence-electron chi connectivity index (χ2n) is 5.28. The number of rotatable bonds is 9. The van der Waals surface area contributed by atoms with Crippen LogP contribution in [0.2, 0.25) is 0 Å². The summed E-state index contributed by atoms with van der Waals surface area (Å²) in [5.74, 6) is 1.26. The molecular weight excluding hydrogens is 216 g/mol. The molecule has 1 unspecified atom stereocenters. The molecular formula is C13H30N2S. The monoisotopic (exact) mass is 246 g/mol. The van der Waals surface area contributed by atoms with Crippen molar-refractivity contribution in [3.63, 3.8) is 0 Å². The fourth-order valence-corrected chi connectivity index (χ4v) is 2.00. The van der Waals surface area contributed by atoms with Gasteiger partial charge in [0.05, 0.1) is 0 Å². The minimum absolute atomic E-state index is 0.281. The zero-order chi connectivity index (χ0) is 12.6. The molecule has 0 bridgehead atoms. The van der Waals surface area contributed by atoms with Gasteiger partial charge in [-0.2, -0.15) is 11.8 Å². The average molecular weight is 246 g/mol. The Balaban J connectivity index is 3.68. The Morgan fingerprint density at radius 2 is 2.00 bits per heavy atom. The lowest BCUT2D eigenvalue weighted by atomic mass is 10.0. The minimum atomic E-state index is 0.281. The summed E-state index contributed by atoms with van der Waals surface area (Å²) >= 11 is 1.94. The zero-order valence-corrected chi connectivity index (χ0v) is 12.8. The van der Waals surface area contributed by atoms with Gasteiger partial charge >= 0.3 is 0 Å². The summed E-state index contributed by atoms with van der Waals surface area (Å²) in [7, 11) is 2.23. The van der Waals surface area contributed by atoms with Crippen molar-refractivity contribution in [2.75, 3.05) is 32.1 Å². The van der Waals surface area contributed by atoms with Gasteiger partial charge in [-0.05, 0) is 52.7 Å². The van der Waals surface area contributed by atoms with E-state index < -0.39 is 0 Å². The molecule has 1 N–H and O–H groups in total. The van der Waals surface area contributed by atoms with Crippen molar-refractivity contribution >= 4 is 11.8 Å². The molecule has 2 nitrogen and oxygen atoms in total. The van der Waals surface area contributed by atoms with Crippen LogP contribution in [-0.2, 0) is 0 Å². The average Bonchev–Trinajstić information content (AvgIpc) is 2.25. The third-order valence-electron chi connectivity index (χ3n) is 3.44. The van der Waals surface area contributed by atoms with Gasteiger partial charge in [0.2, 0.25) is 0 Å². The third kappa shape index (κ3) is 7.53. The van der Waals surface area contributed by atoms with Crippen LogP contribution in [0.25, 0.3) is 0 Å². The molecule has 98 valence electrons. The predicted molar refractivity (Wildman–Crippen MR) is 77.5 cm³/mol. The lowest BCUT2D eigenvalue weighted by Crippen LogP contribution is -2.44. The van der Waals surface area contributed by atoms with Crippen LogP contribution < -0.4 is 5.32 Å². The highest BCUT2D eigenvalue weighted by atomic mass is 32.2. The highest BCUT2D eigenvalue weighted by molar-refractivity contribution is 7.98. The van der Waals surface area contributed by atoms with E-state index in [4.69, 9.17) is 0 Å². The van der Waals surface area contributed by atoms with Gasteiger partial charge in [-0.1, -0.05) is 6.92 Å². The largest absolute Gasteiger partial charge is 0.311 e. The molecule has 0 radical (unpaired) electrons. The van der Waals surface area contributed by atoms with Crippen molar-refractivity contribution in [1.29, 1.82) is 0 Å². The van der Waals surface area contributed by atoms with Gasteiger partial charge in [-0.3, -0.25) is 0 Å². The van der Waals surface area contributed by atoms with Crippen molar-refractivity contribution in [1.82, 2.24) is 10.2 Å². The van der Waals surface area contributed by atoms with Gasteiger partial charge in [-0.15, -0.1) is 0 Å². The van der Waals surface area contributed by atoms with E-state index in [9.17, 15) is 0 Å². The third-order valence-corrected chi connectivity index (χ3v) is 4.09. The predicted octanol–water partition coefficient (Wildman–Crippen LogP) is 2.84. The maximum atomic E-state index is 3.60. The Hall–Kier alpha value is 0.270. The van der Waals surface area contributed by atoms with Gasteiger partial charge in [0.1, 0.15) is 0 Å². The molecule has 16 heavy (non-hydrogen) atoms. The van der Waals surface area contributed by atoms with Crippen LogP contribution in [0.15, 0.2) is 0 Å². The molecule has 0 aromatic heterocycles. The second kappa shape index (κ2) is 8.37. The van der Waals surface area contributed by atoms with Crippen LogP contribution in [0.4, 0.5) is 0 Å². The Bertz CT molecular complexity index is 171. The summed E-state index contributed by atoms with van der Waals surface area (Å²) in [5.41, 5.74) is 0.281. The van der Waals surface area contributed by atoms with Crippen LogP contribution >= 0.6 is 11.8 Å². The highest BCUT2D eigenvalue weighted by Crippen LogP contribution is 2.07. The van der Waals surface area contributed by atoms with Crippen molar-refractivity contribution < 1.29 is 0 Å². The number of likely N-dealkylation sites (N-methyl/N-ethyl adjacent to an activating group) is 1. The van der Waals surface area contributed by atoms with E-state index in [0.717, 1.165) is 13.1 Å². The quantitative estimate of drug-likeness (QED) is 0.673. The first-order chi connectivity index (χ1) is 7.43. The zero-order valence-electron chi connectivity index (χ0n) is 12.0. The summed E-state index contributed by atoms with van der Waals surface area (Å²) in [4.78, 5) is 2.45. The van der Waals surface area contributed by atoms with Gasteiger partial charge in [-0.25, -0.2) is 0 Å². The lowest BCUT2D eigenvalue weighted by molar-refractivity contribution is 0.239. The number of nitrogens with one attached hydrogen (secondary N) is 1. The molecule has 0 rings (SSSR count). The number of nitrogens with zero attached hydrogens (tertiary/aromatic N) is 1. The van der Waals surface area contributed by atoms with E-state index in [1.54, 1.807) is 0 Å². The molecule has 0 saturated carbocycles. The van der Waals surface area contributed by atoms with Gasteiger partial charge in [0.15, 0.2) is 0 Å². The Morgan fingerprint density at radius 1 is 1.38 bits per heavy atom. The summed E-state index contributed by atoms with van der Waals surface area (Å²) in [6.45, 7) is 11.3. The minimum Gasteiger partial charge on any atom is -0.311 e. The molecule has 0 aromatic rings. The first kappa shape index (κ1) is 16.3. The summed E-state index contributed by atoms with van der Waals surface area (Å²) < 4.78 is 0. The van der Waals surface area contributed by atoms with Crippen molar-refractivity contribution in [3.8, 4) is 0 Å². The summed E-state index contributed by atoms with van der Waals surface area (Å²) in [6.07, 6.45) is 4.64. The number of hydrogen-bond donors (Lipinski definition) is 1. The topological polar surface area (TPSA) is 15.3 Å². The Kier molecular flexibility index (Phi) is 8.52. The van der Waals surface area contributed by atoms with Crippen molar-refractivity contribution in [3.05, 3.63) is 0 Å². The fraction of sp³-hybridized carbons (Fsp3) is 1.00. The molecule has 0 aromatic carbocycles. The highest BCUT2D eigenvalue weighted by Gasteiger charge is 2.14. The van der Waals surface area contributed by atoms with Crippen molar-refractivity contribution in [2.45, 2.75) is 52.1 Å². The SMILES string of the molecule is CCC(C)(C)NCCN(C)C(C)CCSC. The molecule has 0 aliphatic carbocycles. The smallest absolute Gasteiger partial charge is 0.0123 e. The van der Waals surface area contributed by atoms with E-state index in [1.165, 1.54) is 18.6 Å². The van der Waals surface area contributed by atoms with Gasteiger partial charge in [0.25, 0.3) is 0 Å². The van der Waals surface area contributed by atoms with Crippen LogP contribution in [-0.4, -0.2) is 48.6 Å². The molecule has 0 heterocycles. The Labute approximate surface area is 107 Å². The van der Waals surface area contributed by atoms with Crippen LogP contribution in [0.5, 0.6) is 0 Å². The van der Waals surface area contributed by atoms with E-state index in [2.05, 4.69) is 51.2 Å². The lowest BCUT2D eigenvalue weighted by Gasteiger charge is -2.29.